The van der Waals surface area contributed by atoms with E-state index in [1.807, 2.05) is 0 Å². The first-order chi connectivity index (χ1) is 8.72. The number of hydrogen-bond donors (Lipinski definition) is 3. The Labute approximate surface area is 107 Å². The maximum absolute atomic E-state index is 12.1. The first kappa shape index (κ1) is 12.8. The number of hydrazine groups is 1. The number of nitrogens with two attached hydrogens (primary N) is 1. The van der Waals surface area contributed by atoms with Gasteiger partial charge in [0.2, 0.25) is 0 Å². The number of pyridine rings is 1. The predicted octanol–water partition coefficient (Wildman–Crippen LogP) is 1.53. The topological polar surface area (TPSA) is 80.0 Å². The van der Waals surface area contributed by atoms with Crippen LogP contribution in [0.25, 0.3) is 0 Å². The molecule has 5 heteroatoms. The minimum absolute atomic E-state index is 0.0931. The molecule has 98 valence electrons. The molecule has 4 N–H and O–H groups in total. The maximum Gasteiger partial charge on any atom is 0.253 e. The van der Waals surface area contributed by atoms with E-state index >= 15 is 0 Å². The third-order valence-electron chi connectivity index (χ3n) is 3.79. The van der Waals surface area contributed by atoms with E-state index in [0.717, 1.165) is 6.54 Å². The molecule has 0 aromatic carbocycles. The minimum Gasteiger partial charge on any atom is -0.352 e. The van der Waals surface area contributed by atoms with Crippen LogP contribution in [0.4, 0.5) is 5.69 Å². The Morgan fingerprint density at radius 1 is 1.56 bits per heavy atom. The van der Waals surface area contributed by atoms with Gasteiger partial charge in [0.15, 0.2) is 0 Å². The average molecular weight is 248 g/mol. The van der Waals surface area contributed by atoms with E-state index in [1.54, 1.807) is 18.5 Å². The van der Waals surface area contributed by atoms with Gasteiger partial charge in [0.25, 0.3) is 5.91 Å². The maximum atomic E-state index is 12.1. The highest BCUT2D eigenvalue weighted by Crippen LogP contribution is 2.30. The molecule has 1 heterocycles. The fourth-order valence-electron chi connectivity index (χ4n) is 2.55. The summed E-state index contributed by atoms with van der Waals surface area (Å²) >= 11 is 0. The molecule has 1 aromatic heterocycles. The summed E-state index contributed by atoms with van der Waals surface area (Å²) in [6, 6.07) is 1.67. The van der Waals surface area contributed by atoms with Crippen molar-refractivity contribution in [2.75, 3.05) is 12.0 Å². The molecule has 1 aliphatic rings. The first-order valence-corrected chi connectivity index (χ1v) is 6.41. The van der Waals surface area contributed by atoms with Crippen LogP contribution in [0, 0.1) is 11.8 Å². The third kappa shape index (κ3) is 2.79. The molecule has 18 heavy (non-hydrogen) atoms. The molecule has 0 spiro atoms. The van der Waals surface area contributed by atoms with Gasteiger partial charge in [-0.15, -0.1) is 0 Å². The van der Waals surface area contributed by atoms with Gasteiger partial charge in [0.1, 0.15) is 0 Å². The number of hydrogen-bond acceptors (Lipinski definition) is 4. The highest BCUT2D eigenvalue weighted by Gasteiger charge is 2.23. The Bertz CT molecular complexity index is 421. The molecule has 0 aliphatic heterocycles. The van der Waals surface area contributed by atoms with Crippen molar-refractivity contribution in [1.82, 2.24) is 10.3 Å². The van der Waals surface area contributed by atoms with Gasteiger partial charge in [-0.05, 0) is 24.3 Å². The molecule has 5 nitrogen and oxygen atoms in total. The number of carbonyl (C=O) groups is 1. The zero-order valence-corrected chi connectivity index (χ0v) is 10.6. The number of amides is 1. The number of nitrogens with zero attached hydrogens (tertiary/aromatic N) is 1. The fraction of sp³-hybridized carbons (Fsp3) is 0.538. The van der Waals surface area contributed by atoms with Crippen molar-refractivity contribution in [3.63, 3.8) is 0 Å². The van der Waals surface area contributed by atoms with Crippen LogP contribution < -0.4 is 16.6 Å². The van der Waals surface area contributed by atoms with Crippen molar-refractivity contribution in [3.8, 4) is 0 Å². The van der Waals surface area contributed by atoms with E-state index in [1.165, 1.54) is 19.3 Å². The van der Waals surface area contributed by atoms with Crippen molar-refractivity contribution >= 4 is 11.6 Å². The molecule has 1 aromatic rings. The fourth-order valence-corrected chi connectivity index (χ4v) is 2.55. The molecule has 2 atom stereocenters. The number of nitrogen functional groups attached to an aromatic ring is 1. The van der Waals surface area contributed by atoms with E-state index in [0.29, 0.717) is 23.1 Å². The molecule has 2 unspecified atom stereocenters. The van der Waals surface area contributed by atoms with Crippen LogP contribution in [-0.2, 0) is 0 Å². The number of carbonyl (C=O) groups excluding carboxylic acids is 1. The Morgan fingerprint density at radius 3 is 3.06 bits per heavy atom. The molecular weight excluding hydrogens is 228 g/mol. The van der Waals surface area contributed by atoms with Crippen LogP contribution in [0.5, 0.6) is 0 Å². The molecule has 1 saturated carbocycles. The molecule has 1 aliphatic carbocycles. The Morgan fingerprint density at radius 2 is 2.39 bits per heavy atom. The standard InChI is InChI=1S/C13H20N4O/c1-9-3-2-4-10(9)7-16-13(18)11-5-6-15-8-12(11)17-14/h5-6,8-10,17H,2-4,7,14H2,1H3,(H,16,18). The van der Waals surface area contributed by atoms with E-state index in [2.05, 4.69) is 22.7 Å². The van der Waals surface area contributed by atoms with Crippen molar-refractivity contribution in [3.05, 3.63) is 24.0 Å². The SMILES string of the molecule is CC1CCCC1CNC(=O)c1ccncc1NN. The third-order valence-corrected chi connectivity index (χ3v) is 3.79. The summed E-state index contributed by atoms with van der Waals surface area (Å²) in [6.07, 6.45) is 6.89. The van der Waals surface area contributed by atoms with Crippen LogP contribution in [0.1, 0.15) is 36.5 Å². The van der Waals surface area contributed by atoms with Crippen molar-refractivity contribution in [2.45, 2.75) is 26.2 Å². The average Bonchev–Trinajstić information content (AvgIpc) is 2.81. The normalized spacial score (nSPS) is 22.8. The number of nitrogens with one attached hydrogen (secondary N) is 2. The Balaban J connectivity index is 1.95. The summed E-state index contributed by atoms with van der Waals surface area (Å²) in [6.45, 7) is 3.00. The van der Waals surface area contributed by atoms with E-state index in [-0.39, 0.29) is 5.91 Å². The van der Waals surface area contributed by atoms with Crippen LogP contribution in [0.3, 0.4) is 0 Å². The molecule has 1 fully saturated rings. The van der Waals surface area contributed by atoms with E-state index < -0.39 is 0 Å². The zero-order valence-electron chi connectivity index (χ0n) is 10.6. The zero-order chi connectivity index (χ0) is 13.0. The Hall–Kier alpha value is -1.62. The van der Waals surface area contributed by atoms with Gasteiger partial charge < -0.3 is 10.7 Å². The van der Waals surface area contributed by atoms with Crippen LogP contribution in [-0.4, -0.2) is 17.4 Å². The van der Waals surface area contributed by atoms with Gasteiger partial charge in [0.05, 0.1) is 17.4 Å². The lowest BCUT2D eigenvalue weighted by Gasteiger charge is -2.16. The second-order valence-electron chi connectivity index (χ2n) is 4.94. The second-order valence-corrected chi connectivity index (χ2v) is 4.94. The van der Waals surface area contributed by atoms with Crippen molar-refractivity contribution < 1.29 is 4.79 Å². The first-order valence-electron chi connectivity index (χ1n) is 6.41. The summed E-state index contributed by atoms with van der Waals surface area (Å²) in [4.78, 5) is 16.0. The lowest BCUT2D eigenvalue weighted by Crippen LogP contribution is -2.31. The van der Waals surface area contributed by atoms with Crippen LogP contribution in [0.2, 0.25) is 0 Å². The quantitative estimate of drug-likeness (QED) is 0.557. The van der Waals surface area contributed by atoms with Gasteiger partial charge in [-0.2, -0.15) is 0 Å². The van der Waals surface area contributed by atoms with E-state index in [4.69, 9.17) is 5.84 Å². The smallest absolute Gasteiger partial charge is 0.253 e. The van der Waals surface area contributed by atoms with Gasteiger partial charge in [-0.3, -0.25) is 15.6 Å². The summed E-state index contributed by atoms with van der Waals surface area (Å²) in [5.41, 5.74) is 3.58. The number of anilines is 1. The highest BCUT2D eigenvalue weighted by atomic mass is 16.1. The molecule has 0 bridgehead atoms. The predicted molar refractivity (Wildman–Crippen MR) is 70.9 cm³/mol. The summed E-state index contributed by atoms with van der Waals surface area (Å²) in [5, 5.41) is 2.98. The largest absolute Gasteiger partial charge is 0.352 e. The minimum atomic E-state index is -0.0931. The van der Waals surface area contributed by atoms with Gasteiger partial charge in [0, 0.05) is 12.7 Å². The van der Waals surface area contributed by atoms with Crippen LogP contribution in [0.15, 0.2) is 18.5 Å². The lowest BCUT2D eigenvalue weighted by atomic mass is 9.98. The monoisotopic (exact) mass is 248 g/mol. The van der Waals surface area contributed by atoms with Crippen LogP contribution >= 0.6 is 0 Å². The van der Waals surface area contributed by atoms with Crippen molar-refractivity contribution in [2.24, 2.45) is 17.7 Å². The molecule has 2 rings (SSSR count). The molecule has 0 radical (unpaired) electrons. The van der Waals surface area contributed by atoms with Gasteiger partial charge in [-0.1, -0.05) is 19.8 Å². The lowest BCUT2D eigenvalue weighted by molar-refractivity contribution is 0.0945. The molecule has 1 amide bonds. The number of rotatable bonds is 4. The second kappa shape index (κ2) is 5.82. The highest BCUT2D eigenvalue weighted by molar-refractivity contribution is 5.99. The van der Waals surface area contributed by atoms with Gasteiger partial charge in [-0.25, -0.2) is 0 Å². The van der Waals surface area contributed by atoms with Crippen molar-refractivity contribution in [1.29, 1.82) is 0 Å². The summed E-state index contributed by atoms with van der Waals surface area (Å²) < 4.78 is 0. The summed E-state index contributed by atoms with van der Waals surface area (Å²) in [5.74, 6) is 6.57. The Kier molecular flexibility index (Phi) is 4.15. The molecular formula is C13H20N4O. The summed E-state index contributed by atoms with van der Waals surface area (Å²) in [7, 11) is 0. The number of aromatic nitrogens is 1. The molecule has 0 saturated heterocycles. The van der Waals surface area contributed by atoms with Gasteiger partial charge >= 0.3 is 0 Å². The van der Waals surface area contributed by atoms with E-state index in [9.17, 15) is 4.79 Å².